The first kappa shape index (κ1) is 19.2. The lowest BCUT2D eigenvalue weighted by Gasteiger charge is -2.28. The maximum Gasteiger partial charge on any atom is 0.282 e. The molecule has 0 bridgehead atoms. The standard InChI is InChI=1S/C19H21F2N7O/c1-27-16(11-15(24-27)17(20)21)19(29)22-13-7-9-14(10-8-13)28-25-18(23-26-28)12-5-3-2-4-6-12/h2-6,11,13-14,17H,7-10H2,1H3,(H,22,29). The molecule has 4 rings (SSSR count). The number of rotatable bonds is 5. The van der Waals surface area contributed by atoms with Gasteiger partial charge >= 0.3 is 0 Å². The number of nitrogens with zero attached hydrogens (tertiary/aromatic N) is 6. The zero-order valence-electron chi connectivity index (χ0n) is 15.9. The molecule has 152 valence electrons. The third-order valence-corrected chi connectivity index (χ3v) is 5.17. The zero-order chi connectivity index (χ0) is 20.4. The Morgan fingerprint density at radius 1 is 1.14 bits per heavy atom. The third-order valence-electron chi connectivity index (χ3n) is 5.17. The van der Waals surface area contributed by atoms with E-state index in [-0.39, 0.29) is 23.7 Å². The van der Waals surface area contributed by atoms with E-state index in [2.05, 4.69) is 25.8 Å². The molecule has 2 heterocycles. The highest BCUT2D eigenvalue weighted by Gasteiger charge is 2.27. The summed E-state index contributed by atoms with van der Waals surface area (Å²) in [6, 6.07) is 10.9. The number of hydrogen-bond donors (Lipinski definition) is 1. The summed E-state index contributed by atoms with van der Waals surface area (Å²) in [5, 5.41) is 19.4. The summed E-state index contributed by atoms with van der Waals surface area (Å²) in [5.41, 5.74) is 0.653. The van der Waals surface area contributed by atoms with Crippen molar-refractivity contribution in [1.82, 2.24) is 35.3 Å². The van der Waals surface area contributed by atoms with Crippen LogP contribution in [0.5, 0.6) is 0 Å². The molecule has 1 fully saturated rings. The second-order valence-corrected chi connectivity index (χ2v) is 7.16. The van der Waals surface area contributed by atoms with Crippen LogP contribution in [0.4, 0.5) is 8.78 Å². The Morgan fingerprint density at radius 3 is 2.52 bits per heavy atom. The van der Waals surface area contributed by atoms with Crippen molar-refractivity contribution in [2.75, 3.05) is 0 Å². The van der Waals surface area contributed by atoms with Crippen LogP contribution in [-0.2, 0) is 7.05 Å². The van der Waals surface area contributed by atoms with Crippen molar-refractivity contribution < 1.29 is 13.6 Å². The van der Waals surface area contributed by atoms with E-state index in [0.717, 1.165) is 37.3 Å². The molecular weight excluding hydrogens is 380 g/mol. The Balaban J connectivity index is 1.34. The van der Waals surface area contributed by atoms with Gasteiger partial charge in [0.25, 0.3) is 12.3 Å². The van der Waals surface area contributed by atoms with Crippen molar-refractivity contribution in [1.29, 1.82) is 0 Å². The highest BCUT2D eigenvalue weighted by atomic mass is 19.3. The highest BCUT2D eigenvalue weighted by Crippen LogP contribution is 2.28. The number of alkyl halides is 2. The van der Waals surface area contributed by atoms with Crippen LogP contribution < -0.4 is 5.32 Å². The number of aromatic nitrogens is 6. The molecule has 0 radical (unpaired) electrons. The third kappa shape index (κ3) is 4.15. The largest absolute Gasteiger partial charge is 0.348 e. The van der Waals surface area contributed by atoms with Crippen LogP contribution in [-0.4, -0.2) is 41.9 Å². The van der Waals surface area contributed by atoms with E-state index in [0.29, 0.717) is 5.82 Å². The van der Waals surface area contributed by atoms with Gasteiger partial charge in [-0.2, -0.15) is 9.90 Å². The molecule has 8 nitrogen and oxygen atoms in total. The van der Waals surface area contributed by atoms with E-state index in [9.17, 15) is 13.6 Å². The van der Waals surface area contributed by atoms with Gasteiger partial charge in [-0.05, 0) is 37.0 Å². The van der Waals surface area contributed by atoms with Crippen LogP contribution in [0.3, 0.4) is 0 Å². The van der Waals surface area contributed by atoms with Gasteiger partial charge in [0.05, 0.1) is 6.04 Å². The Kier molecular flexibility index (Phi) is 5.32. The van der Waals surface area contributed by atoms with Crippen molar-refractivity contribution >= 4 is 5.91 Å². The van der Waals surface area contributed by atoms with Gasteiger partial charge in [0.15, 0.2) is 0 Å². The molecule has 0 unspecified atom stereocenters. The molecule has 1 N–H and O–H groups in total. The SMILES string of the molecule is Cn1nc(C(F)F)cc1C(=O)NC1CCC(n2nnc(-c3ccccc3)n2)CC1. The fourth-order valence-corrected chi connectivity index (χ4v) is 3.60. The molecule has 0 spiro atoms. The van der Waals surface area contributed by atoms with Crippen molar-refractivity contribution in [2.45, 2.75) is 44.2 Å². The number of halogens is 2. The van der Waals surface area contributed by atoms with Crippen LogP contribution in [0.2, 0.25) is 0 Å². The summed E-state index contributed by atoms with van der Waals surface area (Å²) >= 11 is 0. The molecule has 1 aromatic carbocycles. The van der Waals surface area contributed by atoms with Crippen LogP contribution in [0.1, 0.15) is 54.3 Å². The summed E-state index contributed by atoms with van der Waals surface area (Å²) < 4.78 is 26.7. The second kappa shape index (κ2) is 8.06. The molecule has 10 heteroatoms. The Morgan fingerprint density at radius 2 is 1.86 bits per heavy atom. The number of tetrazole rings is 1. The molecule has 1 aliphatic rings. The summed E-state index contributed by atoms with van der Waals surface area (Å²) in [5.74, 6) is 0.202. The first-order chi connectivity index (χ1) is 14.0. The topological polar surface area (TPSA) is 90.5 Å². The Labute approximate surface area is 165 Å². The number of benzene rings is 1. The van der Waals surface area contributed by atoms with E-state index in [1.807, 2.05) is 30.3 Å². The van der Waals surface area contributed by atoms with Gasteiger partial charge < -0.3 is 5.32 Å². The average Bonchev–Trinajstić information content (AvgIpc) is 3.36. The Bertz CT molecular complexity index is 978. The number of carbonyl (C=O) groups excluding carboxylic acids is 1. The number of aryl methyl sites for hydroxylation is 1. The second-order valence-electron chi connectivity index (χ2n) is 7.16. The average molecular weight is 401 g/mol. The van der Waals surface area contributed by atoms with E-state index in [1.54, 1.807) is 4.80 Å². The molecule has 0 saturated heterocycles. The number of nitrogens with one attached hydrogen (secondary N) is 1. The van der Waals surface area contributed by atoms with Crippen molar-refractivity contribution in [3.05, 3.63) is 47.8 Å². The molecule has 2 aromatic heterocycles. The smallest absolute Gasteiger partial charge is 0.282 e. The van der Waals surface area contributed by atoms with E-state index < -0.39 is 12.1 Å². The van der Waals surface area contributed by atoms with Gasteiger partial charge in [-0.15, -0.1) is 10.2 Å². The van der Waals surface area contributed by atoms with E-state index in [4.69, 9.17) is 0 Å². The van der Waals surface area contributed by atoms with Gasteiger partial charge in [-0.3, -0.25) is 9.48 Å². The van der Waals surface area contributed by atoms with Crippen molar-refractivity contribution in [2.24, 2.45) is 7.05 Å². The number of amides is 1. The quantitative estimate of drug-likeness (QED) is 0.710. The molecule has 29 heavy (non-hydrogen) atoms. The molecule has 1 aliphatic carbocycles. The minimum Gasteiger partial charge on any atom is -0.348 e. The predicted octanol–water partition coefficient (Wildman–Crippen LogP) is 2.92. The molecule has 0 aliphatic heterocycles. The molecule has 0 atom stereocenters. The summed E-state index contributed by atoms with van der Waals surface area (Å²) in [6.45, 7) is 0. The van der Waals surface area contributed by atoms with Gasteiger partial charge in [0, 0.05) is 18.7 Å². The molecule has 1 amide bonds. The van der Waals surface area contributed by atoms with Crippen LogP contribution in [0, 0.1) is 0 Å². The van der Waals surface area contributed by atoms with Crippen LogP contribution in [0.25, 0.3) is 11.4 Å². The monoisotopic (exact) mass is 401 g/mol. The summed E-state index contributed by atoms with van der Waals surface area (Å²) in [4.78, 5) is 14.1. The summed E-state index contributed by atoms with van der Waals surface area (Å²) in [6.07, 6.45) is 0.386. The van der Waals surface area contributed by atoms with E-state index >= 15 is 0 Å². The Hall–Kier alpha value is -3.17. The number of hydrogen-bond acceptors (Lipinski definition) is 5. The lowest BCUT2D eigenvalue weighted by molar-refractivity contribution is 0.0911. The van der Waals surface area contributed by atoms with E-state index in [1.165, 1.54) is 11.7 Å². The fraction of sp³-hybridized carbons (Fsp3) is 0.421. The van der Waals surface area contributed by atoms with Crippen molar-refractivity contribution in [3.63, 3.8) is 0 Å². The van der Waals surface area contributed by atoms with Gasteiger partial charge in [0.2, 0.25) is 5.82 Å². The van der Waals surface area contributed by atoms with Gasteiger partial charge in [0.1, 0.15) is 11.4 Å². The lowest BCUT2D eigenvalue weighted by atomic mass is 9.91. The maximum atomic E-state index is 12.8. The first-order valence-corrected chi connectivity index (χ1v) is 9.49. The summed E-state index contributed by atoms with van der Waals surface area (Å²) in [7, 11) is 1.48. The van der Waals surface area contributed by atoms with Gasteiger partial charge in [-0.1, -0.05) is 30.3 Å². The molecule has 1 saturated carbocycles. The molecule has 3 aromatic rings. The van der Waals surface area contributed by atoms with Crippen molar-refractivity contribution in [3.8, 4) is 11.4 Å². The minimum atomic E-state index is -2.70. The highest BCUT2D eigenvalue weighted by molar-refractivity contribution is 5.92. The number of carbonyl (C=O) groups is 1. The van der Waals surface area contributed by atoms with Crippen LogP contribution >= 0.6 is 0 Å². The normalized spacial score (nSPS) is 19.4. The zero-order valence-corrected chi connectivity index (χ0v) is 15.9. The predicted molar refractivity (Wildman–Crippen MR) is 100 cm³/mol. The maximum absolute atomic E-state index is 12.8. The molecular formula is C19H21F2N7O. The fourth-order valence-electron chi connectivity index (χ4n) is 3.60. The first-order valence-electron chi connectivity index (χ1n) is 9.49. The van der Waals surface area contributed by atoms with Gasteiger partial charge in [-0.25, -0.2) is 8.78 Å². The lowest BCUT2D eigenvalue weighted by Crippen LogP contribution is -2.39. The van der Waals surface area contributed by atoms with Crippen LogP contribution in [0.15, 0.2) is 36.4 Å². The minimum absolute atomic E-state index is 0.0271.